The van der Waals surface area contributed by atoms with Crippen LogP contribution in [0.15, 0.2) is 53.7 Å². The number of hydrogen-bond donors (Lipinski definition) is 2. The molecule has 0 aliphatic carbocycles. The van der Waals surface area contributed by atoms with Crippen molar-refractivity contribution in [3.8, 4) is 0 Å². The maximum Gasteiger partial charge on any atom is 0.224 e. The molecule has 6 heteroatoms. The van der Waals surface area contributed by atoms with E-state index in [0.29, 0.717) is 11.4 Å². The summed E-state index contributed by atoms with van der Waals surface area (Å²) in [5, 5.41) is 4.41. The summed E-state index contributed by atoms with van der Waals surface area (Å²) < 4.78 is 0. The van der Waals surface area contributed by atoms with Crippen LogP contribution in [0.1, 0.15) is 12.8 Å². The summed E-state index contributed by atoms with van der Waals surface area (Å²) in [5.74, 6) is 0.853. The monoisotopic (exact) mass is 345 g/mol. The summed E-state index contributed by atoms with van der Waals surface area (Å²) in [4.78, 5) is 19.6. The summed E-state index contributed by atoms with van der Waals surface area (Å²) in [7, 11) is 0. The molecule has 0 aliphatic rings. The summed E-state index contributed by atoms with van der Waals surface area (Å²) in [6, 6.07) is 15.0. The largest absolute Gasteiger partial charge is 0.333 e. The van der Waals surface area contributed by atoms with E-state index in [0.717, 1.165) is 34.1 Å². The van der Waals surface area contributed by atoms with Crippen LogP contribution < -0.4 is 5.32 Å². The van der Waals surface area contributed by atoms with Crippen molar-refractivity contribution >= 4 is 46.0 Å². The number of nitrogens with zero attached hydrogens (tertiary/aromatic N) is 1. The van der Waals surface area contributed by atoms with Crippen LogP contribution >= 0.6 is 23.4 Å². The van der Waals surface area contributed by atoms with Gasteiger partial charge >= 0.3 is 0 Å². The molecule has 0 saturated heterocycles. The van der Waals surface area contributed by atoms with Gasteiger partial charge in [0.1, 0.15) is 0 Å². The lowest BCUT2D eigenvalue weighted by Crippen LogP contribution is -2.11. The Balaban J connectivity index is 1.42. The van der Waals surface area contributed by atoms with Crippen molar-refractivity contribution < 1.29 is 4.79 Å². The highest BCUT2D eigenvalue weighted by molar-refractivity contribution is 7.99. The number of thioether (sulfide) groups is 1. The zero-order valence-electron chi connectivity index (χ0n) is 12.4. The average molecular weight is 346 g/mol. The molecule has 2 aromatic carbocycles. The van der Waals surface area contributed by atoms with Gasteiger partial charge in [-0.15, -0.1) is 0 Å². The number of amides is 1. The van der Waals surface area contributed by atoms with E-state index in [2.05, 4.69) is 15.3 Å². The molecule has 3 aromatic rings. The van der Waals surface area contributed by atoms with Crippen LogP contribution in [0.3, 0.4) is 0 Å². The van der Waals surface area contributed by atoms with Gasteiger partial charge in [0, 0.05) is 22.9 Å². The Morgan fingerprint density at radius 1 is 1.17 bits per heavy atom. The van der Waals surface area contributed by atoms with E-state index in [1.807, 2.05) is 24.3 Å². The number of H-pyrrole nitrogens is 1. The third-order valence-corrected chi connectivity index (χ3v) is 4.49. The van der Waals surface area contributed by atoms with Crippen LogP contribution in [0.2, 0.25) is 5.02 Å². The predicted octanol–water partition coefficient (Wildman–Crippen LogP) is 4.73. The van der Waals surface area contributed by atoms with Gasteiger partial charge in [-0.2, -0.15) is 0 Å². The van der Waals surface area contributed by atoms with Crippen molar-refractivity contribution in [1.29, 1.82) is 0 Å². The summed E-state index contributed by atoms with van der Waals surface area (Å²) in [6.45, 7) is 0. The fourth-order valence-corrected chi connectivity index (χ4v) is 3.11. The fraction of sp³-hybridized carbons (Fsp3) is 0.176. The Morgan fingerprint density at radius 3 is 2.74 bits per heavy atom. The van der Waals surface area contributed by atoms with Crippen LogP contribution in [0.5, 0.6) is 0 Å². The Bertz CT molecular complexity index is 768. The van der Waals surface area contributed by atoms with Crippen LogP contribution in [-0.4, -0.2) is 21.6 Å². The molecule has 4 nitrogen and oxygen atoms in total. The molecule has 0 fully saturated rings. The molecular weight excluding hydrogens is 330 g/mol. The van der Waals surface area contributed by atoms with Crippen molar-refractivity contribution in [1.82, 2.24) is 9.97 Å². The lowest BCUT2D eigenvalue weighted by Gasteiger charge is -2.04. The van der Waals surface area contributed by atoms with E-state index in [1.54, 1.807) is 36.0 Å². The molecule has 118 valence electrons. The van der Waals surface area contributed by atoms with Crippen molar-refractivity contribution in [3.63, 3.8) is 0 Å². The van der Waals surface area contributed by atoms with Gasteiger partial charge in [-0.1, -0.05) is 35.5 Å². The molecule has 0 aliphatic heterocycles. The number of hydrogen-bond acceptors (Lipinski definition) is 3. The Labute approximate surface area is 143 Å². The molecule has 0 radical (unpaired) electrons. The van der Waals surface area contributed by atoms with E-state index >= 15 is 0 Å². The summed E-state index contributed by atoms with van der Waals surface area (Å²) in [6.07, 6.45) is 1.27. The number of aromatic nitrogens is 2. The number of benzene rings is 2. The molecule has 0 spiro atoms. The number of imidazole rings is 1. The SMILES string of the molecule is O=C(CCCSc1nc2ccccc2[nH]1)Nc1ccc(Cl)cc1. The molecule has 0 bridgehead atoms. The predicted molar refractivity (Wildman–Crippen MR) is 96.1 cm³/mol. The van der Waals surface area contributed by atoms with E-state index in [9.17, 15) is 4.79 Å². The van der Waals surface area contributed by atoms with Crippen LogP contribution in [0.4, 0.5) is 5.69 Å². The third-order valence-electron chi connectivity index (χ3n) is 3.28. The maximum absolute atomic E-state index is 11.9. The minimum atomic E-state index is 0.0116. The summed E-state index contributed by atoms with van der Waals surface area (Å²) in [5.41, 5.74) is 2.77. The fourth-order valence-electron chi connectivity index (χ4n) is 2.16. The number of nitrogens with one attached hydrogen (secondary N) is 2. The molecule has 1 aromatic heterocycles. The van der Waals surface area contributed by atoms with Crippen molar-refractivity contribution in [2.24, 2.45) is 0 Å². The molecule has 1 heterocycles. The van der Waals surface area contributed by atoms with Gasteiger partial charge in [-0.3, -0.25) is 4.79 Å². The number of fused-ring (bicyclic) bond motifs is 1. The zero-order valence-corrected chi connectivity index (χ0v) is 14.0. The second-order valence-corrected chi connectivity index (χ2v) is 6.59. The quantitative estimate of drug-likeness (QED) is 0.501. The van der Waals surface area contributed by atoms with Gasteiger partial charge in [0.25, 0.3) is 0 Å². The first-order valence-electron chi connectivity index (χ1n) is 7.34. The van der Waals surface area contributed by atoms with E-state index in [-0.39, 0.29) is 5.91 Å². The standard InChI is InChI=1S/C17H16ClN3OS/c18-12-7-9-13(10-8-12)19-16(22)6-3-11-23-17-20-14-4-1-2-5-15(14)21-17/h1-2,4-5,7-10H,3,6,11H2,(H,19,22)(H,20,21). The summed E-state index contributed by atoms with van der Waals surface area (Å²) >= 11 is 7.45. The van der Waals surface area contributed by atoms with Crippen LogP contribution in [0, 0.1) is 0 Å². The molecule has 2 N–H and O–H groups in total. The van der Waals surface area contributed by atoms with Crippen LogP contribution in [-0.2, 0) is 4.79 Å². The number of anilines is 1. The highest BCUT2D eigenvalue weighted by atomic mass is 35.5. The van der Waals surface area contributed by atoms with Gasteiger partial charge in [-0.05, 0) is 42.8 Å². The van der Waals surface area contributed by atoms with Gasteiger partial charge in [0.15, 0.2) is 5.16 Å². The van der Waals surface area contributed by atoms with Crippen LogP contribution in [0.25, 0.3) is 11.0 Å². The minimum Gasteiger partial charge on any atom is -0.333 e. The lowest BCUT2D eigenvalue weighted by molar-refractivity contribution is -0.116. The maximum atomic E-state index is 11.9. The number of carbonyl (C=O) groups is 1. The molecule has 0 saturated carbocycles. The Kier molecular flexibility index (Phi) is 5.20. The van der Waals surface area contributed by atoms with Gasteiger partial charge < -0.3 is 10.3 Å². The van der Waals surface area contributed by atoms with Gasteiger partial charge in [0.05, 0.1) is 11.0 Å². The smallest absolute Gasteiger partial charge is 0.224 e. The van der Waals surface area contributed by atoms with E-state index in [1.165, 1.54) is 0 Å². The molecular formula is C17H16ClN3OS. The van der Waals surface area contributed by atoms with E-state index < -0.39 is 0 Å². The second kappa shape index (κ2) is 7.53. The number of aromatic amines is 1. The Morgan fingerprint density at radius 2 is 1.96 bits per heavy atom. The van der Waals surface area contributed by atoms with Gasteiger partial charge in [0.2, 0.25) is 5.91 Å². The first-order valence-corrected chi connectivity index (χ1v) is 8.70. The Hall–Kier alpha value is -1.98. The lowest BCUT2D eigenvalue weighted by atomic mass is 10.3. The normalized spacial score (nSPS) is 10.8. The number of carbonyl (C=O) groups excluding carboxylic acids is 1. The van der Waals surface area contributed by atoms with Crippen molar-refractivity contribution in [2.45, 2.75) is 18.0 Å². The molecule has 1 amide bonds. The minimum absolute atomic E-state index is 0.0116. The number of halogens is 1. The highest BCUT2D eigenvalue weighted by Crippen LogP contribution is 2.20. The van der Waals surface area contributed by atoms with E-state index in [4.69, 9.17) is 11.6 Å². The molecule has 23 heavy (non-hydrogen) atoms. The highest BCUT2D eigenvalue weighted by Gasteiger charge is 2.05. The van der Waals surface area contributed by atoms with Gasteiger partial charge in [-0.25, -0.2) is 4.98 Å². The van der Waals surface area contributed by atoms with Crippen molar-refractivity contribution in [2.75, 3.05) is 11.1 Å². The topological polar surface area (TPSA) is 57.8 Å². The molecule has 0 unspecified atom stereocenters. The molecule has 3 rings (SSSR count). The third kappa shape index (κ3) is 4.50. The average Bonchev–Trinajstić information content (AvgIpc) is 2.96. The molecule has 0 atom stereocenters. The van der Waals surface area contributed by atoms with Crippen molar-refractivity contribution in [3.05, 3.63) is 53.6 Å². The zero-order chi connectivity index (χ0) is 16.1. The first-order chi connectivity index (χ1) is 11.2. The first kappa shape index (κ1) is 15.9. The number of para-hydroxylation sites is 2. The second-order valence-electron chi connectivity index (χ2n) is 5.07. The number of rotatable bonds is 6.